The van der Waals surface area contributed by atoms with E-state index in [2.05, 4.69) is 15.2 Å². The number of halogens is 2. The van der Waals surface area contributed by atoms with E-state index in [1.165, 1.54) is 25.3 Å². The number of thiophene rings is 1. The Morgan fingerprint density at radius 3 is 2.49 bits per heavy atom. The summed E-state index contributed by atoms with van der Waals surface area (Å²) in [6.45, 7) is 0. The SMILES string of the molecule is COP(=O)(Nc1cc(-c2ccc(-c3cc4nccc(N)n4n3)cc2)sc1C(=O)O)c1ccc(Cl)cc1Cl. The lowest BCUT2D eigenvalue weighted by molar-refractivity contribution is 0.0703. The van der Waals surface area contributed by atoms with Gasteiger partial charge in [0.2, 0.25) is 0 Å². The van der Waals surface area contributed by atoms with Crippen LogP contribution in [0.1, 0.15) is 9.67 Å². The molecule has 0 saturated heterocycles. The summed E-state index contributed by atoms with van der Waals surface area (Å²) in [5.41, 5.74) is 9.03. The highest BCUT2D eigenvalue weighted by Gasteiger charge is 2.30. The molecular formula is C24H18Cl2N5O4PS. The highest BCUT2D eigenvalue weighted by atomic mass is 35.5. The Kier molecular flexibility index (Phi) is 6.70. The third-order valence-electron chi connectivity index (χ3n) is 5.53. The summed E-state index contributed by atoms with van der Waals surface area (Å²) in [6.07, 6.45) is 1.62. The zero-order chi connectivity index (χ0) is 26.3. The van der Waals surface area contributed by atoms with Gasteiger partial charge in [-0.3, -0.25) is 4.57 Å². The smallest absolute Gasteiger partial charge is 0.348 e. The minimum absolute atomic E-state index is 0.0247. The molecule has 1 atom stereocenters. The van der Waals surface area contributed by atoms with Crippen LogP contribution < -0.4 is 16.1 Å². The number of carboxylic acid groups (broad SMARTS) is 1. The molecule has 5 aromatic rings. The lowest BCUT2D eigenvalue weighted by Crippen LogP contribution is -2.15. The molecule has 0 fully saturated rings. The van der Waals surface area contributed by atoms with Crippen molar-refractivity contribution in [1.82, 2.24) is 14.6 Å². The van der Waals surface area contributed by atoms with Crippen LogP contribution in [0.2, 0.25) is 10.0 Å². The van der Waals surface area contributed by atoms with Crippen molar-refractivity contribution in [2.45, 2.75) is 0 Å². The van der Waals surface area contributed by atoms with Gasteiger partial charge in [0.05, 0.1) is 21.7 Å². The van der Waals surface area contributed by atoms with Crippen LogP contribution in [0.5, 0.6) is 0 Å². The standard InChI is InChI=1S/C24H18Cl2N5O4PS/c1-35-36(34,19-7-6-15(25)10-16(19)26)30-18-11-20(37-23(18)24(32)33)14-4-2-13(3-5-14)17-12-22-28-9-8-21(27)31(22)29-17/h2-12H,27H2,1H3,(H,30,34)(H,32,33). The predicted octanol–water partition coefficient (Wildman–Crippen LogP) is 6.29. The van der Waals surface area contributed by atoms with Crippen LogP contribution in [0.15, 0.2) is 66.9 Å². The van der Waals surface area contributed by atoms with Gasteiger partial charge in [-0.1, -0.05) is 47.5 Å². The van der Waals surface area contributed by atoms with E-state index in [4.69, 9.17) is 33.5 Å². The molecule has 188 valence electrons. The molecule has 0 amide bonds. The molecule has 1 unspecified atom stereocenters. The van der Waals surface area contributed by atoms with Crippen molar-refractivity contribution >= 4 is 70.5 Å². The first-order valence-corrected chi connectivity index (χ1v) is 13.9. The van der Waals surface area contributed by atoms with Gasteiger partial charge in [-0.15, -0.1) is 11.3 Å². The largest absolute Gasteiger partial charge is 0.477 e. The maximum Gasteiger partial charge on any atom is 0.348 e. The number of anilines is 2. The molecule has 0 aliphatic carbocycles. The van der Waals surface area contributed by atoms with Crippen LogP contribution in [0.25, 0.3) is 27.3 Å². The second-order valence-electron chi connectivity index (χ2n) is 7.85. The van der Waals surface area contributed by atoms with E-state index >= 15 is 0 Å². The van der Waals surface area contributed by atoms with Gasteiger partial charge < -0.3 is 20.5 Å². The quantitative estimate of drug-likeness (QED) is 0.193. The van der Waals surface area contributed by atoms with Crippen molar-refractivity contribution in [3.63, 3.8) is 0 Å². The van der Waals surface area contributed by atoms with E-state index < -0.39 is 13.5 Å². The number of aromatic nitrogens is 3. The van der Waals surface area contributed by atoms with Gasteiger partial charge >= 0.3 is 13.5 Å². The number of nitrogens with one attached hydrogen (secondary N) is 1. The highest BCUT2D eigenvalue weighted by molar-refractivity contribution is 7.68. The van der Waals surface area contributed by atoms with Gasteiger partial charge in [-0.05, 0) is 35.9 Å². The van der Waals surface area contributed by atoms with E-state index in [1.54, 1.807) is 22.8 Å². The summed E-state index contributed by atoms with van der Waals surface area (Å²) in [5.74, 6) is -0.698. The van der Waals surface area contributed by atoms with Gasteiger partial charge in [-0.2, -0.15) is 9.61 Å². The van der Waals surface area contributed by atoms with Crippen molar-refractivity contribution in [2.75, 3.05) is 17.9 Å². The number of benzene rings is 2. The average molecular weight is 574 g/mol. The van der Waals surface area contributed by atoms with Crippen molar-refractivity contribution in [3.05, 3.63) is 81.8 Å². The number of aromatic carboxylic acids is 1. The van der Waals surface area contributed by atoms with Gasteiger partial charge in [0.1, 0.15) is 10.7 Å². The number of hydrogen-bond donors (Lipinski definition) is 3. The summed E-state index contributed by atoms with van der Waals surface area (Å²) >= 11 is 13.3. The molecular weight excluding hydrogens is 556 g/mol. The molecule has 0 aliphatic heterocycles. The monoisotopic (exact) mass is 573 g/mol. The zero-order valence-electron chi connectivity index (χ0n) is 19.1. The van der Waals surface area contributed by atoms with Gasteiger partial charge in [0, 0.05) is 34.8 Å². The van der Waals surface area contributed by atoms with Crippen molar-refractivity contribution in [1.29, 1.82) is 0 Å². The van der Waals surface area contributed by atoms with E-state index in [1.807, 2.05) is 30.3 Å². The number of hydrogen-bond acceptors (Lipinski definition) is 7. The molecule has 0 saturated carbocycles. The summed E-state index contributed by atoms with van der Waals surface area (Å²) in [6, 6.07) is 17.0. The van der Waals surface area contributed by atoms with Gasteiger partial charge in [0.15, 0.2) is 5.65 Å². The summed E-state index contributed by atoms with van der Waals surface area (Å²) in [4.78, 5) is 16.9. The molecule has 9 nitrogen and oxygen atoms in total. The number of carbonyl (C=O) groups is 1. The van der Waals surface area contributed by atoms with Crippen LogP contribution in [-0.2, 0) is 9.09 Å². The minimum Gasteiger partial charge on any atom is -0.477 e. The van der Waals surface area contributed by atoms with Gasteiger partial charge in [-0.25, -0.2) is 9.78 Å². The number of nitrogens with two attached hydrogens (primary N) is 1. The third kappa shape index (κ3) is 4.82. The summed E-state index contributed by atoms with van der Waals surface area (Å²) < 4.78 is 20.5. The van der Waals surface area contributed by atoms with Crippen molar-refractivity contribution in [2.24, 2.45) is 0 Å². The van der Waals surface area contributed by atoms with Crippen LogP contribution in [0, 0.1) is 0 Å². The fourth-order valence-electron chi connectivity index (χ4n) is 3.72. The highest BCUT2D eigenvalue weighted by Crippen LogP contribution is 2.49. The molecule has 4 N–H and O–H groups in total. The van der Waals surface area contributed by atoms with Crippen LogP contribution in [-0.4, -0.2) is 32.8 Å². The molecule has 13 heteroatoms. The minimum atomic E-state index is -3.77. The lowest BCUT2D eigenvalue weighted by Gasteiger charge is -2.19. The second-order valence-corrected chi connectivity index (χ2v) is 11.9. The van der Waals surface area contributed by atoms with E-state index in [-0.39, 0.29) is 20.9 Å². The molecule has 0 bridgehead atoms. The molecule has 3 heterocycles. The molecule has 2 aromatic carbocycles. The Labute approximate surface area is 224 Å². The first kappa shape index (κ1) is 25.3. The van der Waals surface area contributed by atoms with Gasteiger partial charge in [0.25, 0.3) is 0 Å². The summed E-state index contributed by atoms with van der Waals surface area (Å²) in [7, 11) is -2.51. The summed E-state index contributed by atoms with van der Waals surface area (Å²) in [5, 5.41) is 17.8. The number of fused-ring (bicyclic) bond motifs is 1. The fourth-order valence-corrected chi connectivity index (χ4v) is 7.01. The first-order chi connectivity index (χ1) is 17.7. The Balaban J connectivity index is 1.48. The Morgan fingerprint density at radius 2 is 1.84 bits per heavy atom. The first-order valence-electron chi connectivity index (χ1n) is 10.7. The number of carboxylic acids is 1. The lowest BCUT2D eigenvalue weighted by atomic mass is 10.1. The third-order valence-corrected chi connectivity index (χ3v) is 9.46. The Morgan fingerprint density at radius 1 is 1.11 bits per heavy atom. The van der Waals surface area contributed by atoms with Crippen molar-refractivity contribution < 1.29 is 19.0 Å². The Hall–Kier alpha value is -3.40. The number of nitrogens with zero attached hydrogens (tertiary/aromatic N) is 3. The number of nitrogen functional groups attached to an aromatic ring is 1. The zero-order valence-corrected chi connectivity index (χ0v) is 22.3. The van der Waals surface area contributed by atoms with Crippen LogP contribution in [0.4, 0.5) is 11.5 Å². The maximum atomic E-state index is 13.6. The molecule has 3 aromatic heterocycles. The molecule has 37 heavy (non-hydrogen) atoms. The van der Waals surface area contributed by atoms with E-state index in [0.29, 0.717) is 27.1 Å². The molecule has 0 spiro atoms. The van der Waals surface area contributed by atoms with E-state index in [0.717, 1.165) is 22.5 Å². The van der Waals surface area contributed by atoms with E-state index in [9.17, 15) is 14.5 Å². The molecule has 0 aliphatic rings. The van der Waals surface area contributed by atoms with Crippen molar-refractivity contribution in [3.8, 4) is 21.7 Å². The second kappa shape index (κ2) is 9.81. The predicted molar refractivity (Wildman–Crippen MR) is 147 cm³/mol. The molecule has 0 radical (unpaired) electrons. The van der Waals surface area contributed by atoms with Crippen LogP contribution in [0.3, 0.4) is 0 Å². The maximum absolute atomic E-state index is 13.6. The topological polar surface area (TPSA) is 132 Å². The fraction of sp³-hybridized carbons (Fsp3) is 0.0417. The molecule has 5 rings (SSSR count). The Bertz CT molecular complexity index is 1700. The average Bonchev–Trinajstić information content (AvgIpc) is 3.49. The normalized spacial score (nSPS) is 12.9. The van der Waals surface area contributed by atoms with Crippen LogP contribution >= 0.6 is 42.1 Å². The number of rotatable bonds is 7.